The Morgan fingerprint density at radius 1 is 1.27 bits per heavy atom. The lowest BCUT2D eigenvalue weighted by Crippen LogP contribution is -2.40. The lowest BCUT2D eigenvalue weighted by Gasteiger charge is -2.36. The first-order valence-electron chi connectivity index (χ1n) is 9.91. The Morgan fingerprint density at radius 2 is 2.04 bits per heavy atom. The first-order chi connectivity index (χ1) is 12.6. The molecule has 144 valence electrons. The first kappa shape index (κ1) is 19.2. The number of aliphatic hydroxyl groups excluding tert-OH is 1. The molecule has 0 saturated carbocycles. The standard InChI is InChI=1S/C21H32N2O3/c1-3-26-20-6-4-5-17(11-20)12-22-13-19(15-24)21(14-22)18-7-9-23(10-8-18)16(2)25/h4-6,11,18-19,21,24H,3,7-10,12-15H2,1-2H3. The second kappa shape index (κ2) is 8.87. The number of rotatable bonds is 6. The number of hydrogen-bond acceptors (Lipinski definition) is 4. The molecule has 0 spiro atoms. The minimum Gasteiger partial charge on any atom is -0.494 e. The summed E-state index contributed by atoms with van der Waals surface area (Å²) in [4.78, 5) is 16.0. The number of carbonyl (C=O) groups is 1. The summed E-state index contributed by atoms with van der Waals surface area (Å²) in [5.41, 5.74) is 1.26. The fourth-order valence-corrected chi connectivity index (χ4v) is 4.65. The summed E-state index contributed by atoms with van der Waals surface area (Å²) in [5, 5.41) is 9.89. The van der Waals surface area contributed by atoms with Crippen LogP contribution in [0.15, 0.2) is 24.3 Å². The van der Waals surface area contributed by atoms with E-state index in [1.165, 1.54) is 5.56 Å². The van der Waals surface area contributed by atoms with Crippen LogP contribution in [0.1, 0.15) is 32.3 Å². The van der Waals surface area contributed by atoms with Gasteiger partial charge in [0.25, 0.3) is 0 Å². The average Bonchev–Trinajstić information content (AvgIpc) is 3.05. The molecule has 3 rings (SSSR count). The van der Waals surface area contributed by atoms with E-state index in [0.29, 0.717) is 24.4 Å². The summed E-state index contributed by atoms with van der Waals surface area (Å²) >= 11 is 0. The predicted octanol–water partition coefficient (Wildman–Crippen LogP) is 2.38. The van der Waals surface area contributed by atoms with Gasteiger partial charge >= 0.3 is 0 Å². The highest BCUT2D eigenvalue weighted by molar-refractivity contribution is 5.73. The molecule has 0 radical (unpaired) electrons. The molecule has 2 aliphatic heterocycles. The van der Waals surface area contributed by atoms with Crippen LogP contribution < -0.4 is 4.74 Å². The minimum absolute atomic E-state index is 0.185. The highest BCUT2D eigenvalue weighted by Gasteiger charge is 2.38. The van der Waals surface area contributed by atoms with Crippen LogP contribution >= 0.6 is 0 Å². The number of carbonyl (C=O) groups excluding carboxylic acids is 1. The van der Waals surface area contributed by atoms with Crippen LogP contribution in [0.25, 0.3) is 0 Å². The van der Waals surface area contributed by atoms with E-state index in [0.717, 1.165) is 51.3 Å². The van der Waals surface area contributed by atoms with Crippen LogP contribution in [0.2, 0.25) is 0 Å². The molecule has 1 aromatic carbocycles. The molecule has 2 atom stereocenters. The summed E-state index contributed by atoms with van der Waals surface area (Å²) in [7, 11) is 0. The number of benzene rings is 1. The molecule has 26 heavy (non-hydrogen) atoms. The Labute approximate surface area is 156 Å². The smallest absolute Gasteiger partial charge is 0.219 e. The Hall–Kier alpha value is -1.59. The van der Waals surface area contributed by atoms with E-state index in [1.807, 2.05) is 17.9 Å². The highest BCUT2D eigenvalue weighted by Crippen LogP contribution is 2.36. The molecule has 1 N–H and O–H groups in total. The van der Waals surface area contributed by atoms with Gasteiger partial charge in [-0.1, -0.05) is 12.1 Å². The van der Waals surface area contributed by atoms with Gasteiger partial charge in [0.2, 0.25) is 5.91 Å². The summed E-state index contributed by atoms with van der Waals surface area (Å²) in [6, 6.07) is 8.32. The summed E-state index contributed by atoms with van der Waals surface area (Å²) in [5.74, 6) is 2.60. The lowest BCUT2D eigenvalue weighted by molar-refractivity contribution is -0.130. The highest BCUT2D eigenvalue weighted by atomic mass is 16.5. The normalized spacial score (nSPS) is 24.8. The molecule has 5 nitrogen and oxygen atoms in total. The lowest BCUT2D eigenvalue weighted by atomic mass is 9.79. The molecule has 0 aromatic heterocycles. The molecule has 0 bridgehead atoms. The molecule has 0 aliphatic carbocycles. The second-order valence-electron chi connectivity index (χ2n) is 7.72. The average molecular weight is 360 g/mol. The van der Waals surface area contributed by atoms with Gasteiger partial charge in [0.15, 0.2) is 0 Å². The molecule has 2 aliphatic rings. The number of likely N-dealkylation sites (tertiary alicyclic amines) is 2. The quantitative estimate of drug-likeness (QED) is 0.846. The number of nitrogens with zero attached hydrogens (tertiary/aromatic N) is 2. The molecular formula is C21H32N2O3. The van der Waals surface area contributed by atoms with Crippen molar-refractivity contribution in [1.29, 1.82) is 0 Å². The zero-order valence-electron chi connectivity index (χ0n) is 16.1. The van der Waals surface area contributed by atoms with Crippen molar-refractivity contribution >= 4 is 5.91 Å². The summed E-state index contributed by atoms with van der Waals surface area (Å²) < 4.78 is 5.61. The number of amides is 1. The van der Waals surface area contributed by atoms with E-state index in [9.17, 15) is 9.90 Å². The minimum atomic E-state index is 0.185. The Morgan fingerprint density at radius 3 is 2.69 bits per heavy atom. The first-order valence-corrected chi connectivity index (χ1v) is 9.91. The van der Waals surface area contributed by atoms with Crippen molar-refractivity contribution < 1.29 is 14.6 Å². The van der Waals surface area contributed by atoms with Gasteiger partial charge < -0.3 is 14.7 Å². The zero-order chi connectivity index (χ0) is 18.5. The number of piperidine rings is 1. The maximum Gasteiger partial charge on any atom is 0.219 e. The van der Waals surface area contributed by atoms with Crippen molar-refractivity contribution in [2.45, 2.75) is 33.2 Å². The van der Waals surface area contributed by atoms with Gasteiger partial charge in [0.1, 0.15) is 5.75 Å². The van der Waals surface area contributed by atoms with Crippen LogP contribution in [0.4, 0.5) is 0 Å². The number of hydrogen-bond donors (Lipinski definition) is 1. The Kier molecular flexibility index (Phi) is 6.54. The fourth-order valence-electron chi connectivity index (χ4n) is 4.65. The molecule has 5 heteroatoms. The SMILES string of the molecule is CCOc1cccc(CN2CC(CO)C(C3CCN(C(C)=O)CC3)C2)c1. The van der Waals surface area contributed by atoms with E-state index in [2.05, 4.69) is 23.1 Å². The van der Waals surface area contributed by atoms with E-state index >= 15 is 0 Å². The maximum absolute atomic E-state index is 11.5. The van der Waals surface area contributed by atoms with Crippen LogP contribution in [-0.2, 0) is 11.3 Å². The van der Waals surface area contributed by atoms with Crippen molar-refractivity contribution in [3.8, 4) is 5.75 Å². The van der Waals surface area contributed by atoms with E-state index < -0.39 is 0 Å². The molecule has 2 fully saturated rings. The largest absolute Gasteiger partial charge is 0.494 e. The van der Waals surface area contributed by atoms with Gasteiger partial charge in [-0.3, -0.25) is 9.69 Å². The van der Waals surface area contributed by atoms with Crippen molar-refractivity contribution in [3.63, 3.8) is 0 Å². The molecule has 2 heterocycles. The van der Waals surface area contributed by atoms with Crippen molar-refractivity contribution in [2.24, 2.45) is 17.8 Å². The number of aliphatic hydroxyl groups is 1. The van der Waals surface area contributed by atoms with Gasteiger partial charge in [-0.2, -0.15) is 0 Å². The van der Waals surface area contributed by atoms with Crippen molar-refractivity contribution in [2.75, 3.05) is 39.4 Å². The van der Waals surface area contributed by atoms with Crippen molar-refractivity contribution in [3.05, 3.63) is 29.8 Å². The van der Waals surface area contributed by atoms with E-state index in [4.69, 9.17) is 4.74 Å². The van der Waals surface area contributed by atoms with Crippen LogP contribution in [0.5, 0.6) is 5.75 Å². The summed E-state index contributed by atoms with van der Waals surface area (Å²) in [6.07, 6.45) is 2.13. The Balaban J connectivity index is 1.59. The van der Waals surface area contributed by atoms with Crippen molar-refractivity contribution in [1.82, 2.24) is 9.80 Å². The van der Waals surface area contributed by atoms with Crippen LogP contribution in [-0.4, -0.2) is 60.2 Å². The third-order valence-corrected chi connectivity index (χ3v) is 6.01. The topological polar surface area (TPSA) is 53.0 Å². The van der Waals surface area contributed by atoms with E-state index in [1.54, 1.807) is 6.92 Å². The van der Waals surface area contributed by atoms with Crippen LogP contribution in [0, 0.1) is 17.8 Å². The molecule has 1 aromatic rings. The molecular weight excluding hydrogens is 328 g/mol. The third kappa shape index (κ3) is 4.57. The second-order valence-corrected chi connectivity index (χ2v) is 7.72. The maximum atomic E-state index is 11.5. The van der Waals surface area contributed by atoms with E-state index in [-0.39, 0.29) is 12.5 Å². The zero-order valence-corrected chi connectivity index (χ0v) is 16.1. The van der Waals surface area contributed by atoms with Gasteiger partial charge in [-0.05, 0) is 55.2 Å². The molecule has 2 unspecified atom stereocenters. The molecule has 1 amide bonds. The third-order valence-electron chi connectivity index (χ3n) is 6.01. The van der Waals surface area contributed by atoms with Crippen LogP contribution in [0.3, 0.4) is 0 Å². The van der Waals surface area contributed by atoms with Gasteiger partial charge in [0.05, 0.1) is 6.61 Å². The summed E-state index contributed by atoms with van der Waals surface area (Å²) in [6.45, 7) is 9.22. The van der Waals surface area contributed by atoms with Gasteiger partial charge in [0, 0.05) is 46.3 Å². The van der Waals surface area contributed by atoms with Gasteiger partial charge in [-0.25, -0.2) is 0 Å². The predicted molar refractivity (Wildman–Crippen MR) is 102 cm³/mol. The number of ether oxygens (including phenoxy) is 1. The fraction of sp³-hybridized carbons (Fsp3) is 0.667. The monoisotopic (exact) mass is 360 g/mol. The molecule has 2 saturated heterocycles. The Bertz CT molecular complexity index is 599. The van der Waals surface area contributed by atoms with Gasteiger partial charge in [-0.15, -0.1) is 0 Å².